The average Bonchev–Trinajstić information content (AvgIpc) is 3.46. The number of carbonyl (C=O) groups excluding carboxylic acids is 1. The molecule has 0 bridgehead atoms. The van der Waals surface area contributed by atoms with Crippen molar-refractivity contribution in [3.05, 3.63) is 92.6 Å². The van der Waals surface area contributed by atoms with Crippen molar-refractivity contribution < 1.29 is 9.53 Å². The third-order valence-corrected chi connectivity index (χ3v) is 8.50. The fourth-order valence-electron chi connectivity index (χ4n) is 5.00. The van der Waals surface area contributed by atoms with Gasteiger partial charge in [-0.05, 0) is 68.4 Å². The minimum atomic E-state index is -0.520. The summed E-state index contributed by atoms with van der Waals surface area (Å²) in [6, 6.07) is 12.9. The van der Waals surface area contributed by atoms with Crippen LogP contribution in [0.4, 0.5) is 0 Å². The van der Waals surface area contributed by atoms with Gasteiger partial charge in [0.05, 0.1) is 17.0 Å². The maximum atomic E-state index is 13.2. The van der Waals surface area contributed by atoms with Crippen molar-refractivity contribution in [1.29, 1.82) is 0 Å². The Morgan fingerprint density at radius 3 is 2.67 bits per heavy atom. The molecule has 5 heterocycles. The fourth-order valence-corrected chi connectivity index (χ4v) is 6.35. The molecule has 202 valence electrons. The first-order valence-electron chi connectivity index (χ1n) is 13.2. The minimum absolute atomic E-state index is 0.0628. The Hall–Kier alpha value is -3.84. The van der Waals surface area contributed by atoms with Crippen LogP contribution >= 0.6 is 22.9 Å². The second kappa shape index (κ2) is 11.3. The Kier molecular flexibility index (Phi) is 7.48. The third-order valence-electron chi connectivity index (χ3n) is 7.05. The van der Waals surface area contributed by atoms with Crippen molar-refractivity contribution >= 4 is 34.6 Å². The van der Waals surface area contributed by atoms with Gasteiger partial charge in [-0.25, -0.2) is 4.98 Å². The number of benzene rings is 1. The fraction of sp³-hybridized carbons (Fsp3) is 0.300. The first kappa shape index (κ1) is 26.4. The van der Waals surface area contributed by atoms with Crippen LogP contribution in [-0.2, 0) is 9.53 Å². The molecule has 40 heavy (non-hydrogen) atoms. The molecule has 1 amide bonds. The van der Waals surface area contributed by atoms with Crippen LogP contribution in [0.2, 0.25) is 5.02 Å². The van der Waals surface area contributed by atoms with Crippen LogP contribution < -0.4 is 5.32 Å². The molecule has 1 fully saturated rings. The molecule has 8 nitrogen and oxygen atoms in total. The van der Waals surface area contributed by atoms with Crippen LogP contribution in [-0.4, -0.2) is 50.6 Å². The Labute approximate surface area is 241 Å². The van der Waals surface area contributed by atoms with Gasteiger partial charge in [0.1, 0.15) is 22.6 Å². The highest BCUT2D eigenvalue weighted by atomic mass is 35.5. The zero-order valence-corrected chi connectivity index (χ0v) is 23.7. The van der Waals surface area contributed by atoms with E-state index in [-0.39, 0.29) is 18.4 Å². The van der Waals surface area contributed by atoms with E-state index in [0.29, 0.717) is 29.8 Å². The number of nitrogens with zero attached hydrogens (tertiary/aromatic N) is 5. The second-order valence-corrected chi connectivity index (χ2v) is 11.2. The molecule has 0 unspecified atom stereocenters. The Morgan fingerprint density at radius 1 is 1.12 bits per heavy atom. The predicted octanol–water partition coefficient (Wildman–Crippen LogP) is 4.97. The smallest absolute Gasteiger partial charge is 0.222 e. The summed E-state index contributed by atoms with van der Waals surface area (Å²) in [5, 5.41) is 13.7. The summed E-state index contributed by atoms with van der Waals surface area (Å²) in [6.45, 7) is 5.29. The van der Waals surface area contributed by atoms with Gasteiger partial charge in [0.15, 0.2) is 5.82 Å². The molecule has 2 aliphatic rings. The molecule has 1 atom stereocenters. The number of aryl methyl sites for hydroxylation is 1. The number of aromatic nitrogens is 4. The standard InChI is InChI=1S/C30H27ClN6O2S/c1-18-25(11-10-22-5-3-4-14-32-22)40-30-27(18)28(20-6-8-21(31)9-7-20)34-24(29-36-35-19(2)37(29)30)17-26(38)33-23-12-15-39-16-13-23/h3-9,14,23-24H,12-13,15-17H2,1-2H3,(H,33,38)/t24-/m0/s1. The van der Waals surface area contributed by atoms with E-state index < -0.39 is 6.04 Å². The van der Waals surface area contributed by atoms with E-state index in [9.17, 15) is 4.79 Å². The van der Waals surface area contributed by atoms with Gasteiger partial charge >= 0.3 is 0 Å². The van der Waals surface area contributed by atoms with Crippen molar-refractivity contribution in [3.8, 4) is 16.8 Å². The molecule has 2 aliphatic heterocycles. The summed E-state index contributed by atoms with van der Waals surface area (Å²) in [5.41, 5.74) is 4.34. The predicted molar refractivity (Wildman–Crippen MR) is 155 cm³/mol. The zero-order chi connectivity index (χ0) is 27.6. The molecule has 0 aliphatic carbocycles. The van der Waals surface area contributed by atoms with E-state index in [1.807, 2.05) is 54.0 Å². The highest BCUT2D eigenvalue weighted by Gasteiger charge is 2.33. The maximum Gasteiger partial charge on any atom is 0.222 e. The quantitative estimate of drug-likeness (QED) is 0.350. The van der Waals surface area contributed by atoms with E-state index in [0.717, 1.165) is 50.9 Å². The highest BCUT2D eigenvalue weighted by Crippen LogP contribution is 2.39. The number of carbonyl (C=O) groups is 1. The van der Waals surface area contributed by atoms with E-state index in [1.165, 1.54) is 0 Å². The maximum absolute atomic E-state index is 13.2. The monoisotopic (exact) mass is 570 g/mol. The highest BCUT2D eigenvalue weighted by molar-refractivity contribution is 7.15. The summed E-state index contributed by atoms with van der Waals surface area (Å²) < 4.78 is 7.47. The number of fused-ring (bicyclic) bond motifs is 3. The van der Waals surface area contributed by atoms with E-state index in [4.69, 9.17) is 21.3 Å². The number of aliphatic imine (C=N–C) groups is 1. The van der Waals surface area contributed by atoms with Crippen LogP contribution in [0.3, 0.4) is 0 Å². The number of amides is 1. The number of rotatable bonds is 4. The van der Waals surface area contributed by atoms with Crippen molar-refractivity contribution in [2.45, 2.75) is 45.2 Å². The Balaban J connectivity index is 1.46. The second-order valence-electron chi connectivity index (χ2n) is 9.80. The Morgan fingerprint density at radius 2 is 1.93 bits per heavy atom. The van der Waals surface area contributed by atoms with Crippen molar-refractivity contribution in [2.75, 3.05) is 13.2 Å². The van der Waals surface area contributed by atoms with E-state index in [1.54, 1.807) is 17.5 Å². The number of nitrogens with one attached hydrogen (secondary N) is 1. The molecule has 10 heteroatoms. The molecular weight excluding hydrogens is 544 g/mol. The van der Waals surface area contributed by atoms with Gasteiger partial charge in [0.2, 0.25) is 5.91 Å². The molecular formula is C30H27ClN6O2S. The molecule has 6 rings (SSSR count). The van der Waals surface area contributed by atoms with Crippen molar-refractivity contribution in [1.82, 2.24) is 25.1 Å². The Bertz CT molecular complexity index is 1640. The number of hydrogen-bond donors (Lipinski definition) is 1. The van der Waals surface area contributed by atoms with E-state index in [2.05, 4.69) is 39.3 Å². The van der Waals surface area contributed by atoms with Gasteiger partial charge in [-0.2, -0.15) is 0 Å². The number of ether oxygens (including phenoxy) is 1. The SMILES string of the molecule is Cc1c(C#Cc2ccccn2)sc2c1C(c1ccc(Cl)cc1)=N[C@@H](CC(=O)NC1CCOCC1)c1nnc(C)n1-2. The first-order valence-corrected chi connectivity index (χ1v) is 14.4. The van der Waals surface area contributed by atoms with Crippen LogP contribution in [0.5, 0.6) is 0 Å². The summed E-state index contributed by atoms with van der Waals surface area (Å²) >= 11 is 7.81. The van der Waals surface area contributed by atoms with Crippen LogP contribution in [0.1, 0.15) is 64.2 Å². The average molecular weight is 571 g/mol. The first-order chi connectivity index (χ1) is 19.5. The molecule has 4 aromatic rings. The lowest BCUT2D eigenvalue weighted by Gasteiger charge is -2.23. The molecule has 0 spiro atoms. The van der Waals surface area contributed by atoms with Crippen molar-refractivity contribution in [3.63, 3.8) is 0 Å². The van der Waals surface area contributed by atoms with Gasteiger partial charge in [-0.15, -0.1) is 21.5 Å². The normalized spacial score (nSPS) is 16.7. The minimum Gasteiger partial charge on any atom is -0.381 e. The molecule has 1 N–H and O–H groups in total. The molecule has 1 saturated heterocycles. The lowest BCUT2D eigenvalue weighted by atomic mass is 9.99. The molecule has 0 saturated carbocycles. The van der Waals surface area contributed by atoms with Crippen molar-refractivity contribution in [2.24, 2.45) is 4.99 Å². The largest absolute Gasteiger partial charge is 0.381 e. The van der Waals surface area contributed by atoms with Gasteiger partial charge < -0.3 is 10.1 Å². The number of pyridine rings is 1. The third kappa shape index (κ3) is 5.30. The summed E-state index contributed by atoms with van der Waals surface area (Å²) in [5.74, 6) is 7.80. The lowest BCUT2D eigenvalue weighted by Crippen LogP contribution is -2.39. The van der Waals surface area contributed by atoms with Gasteiger partial charge in [0.25, 0.3) is 0 Å². The van der Waals surface area contributed by atoms with Crippen LogP contribution in [0.25, 0.3) is 5.00 Å². The lowest BCUT2D eigenvalue weighted by molar-refractivity contribution is -0.122. The van der Waals surface area contributed by atoms with Crippen LogP contribution in [0, 0.1) is 25.7 Å². The van der Waals surface area contributed by atoms with E-state index >= 15 is 0 Å². The van der Waals surface area contributed by atoms with Gasteiger partial charge in [0, 0.05) is 41.6 Å². The van der Waals surface area contributed by atoms with Gasteiger partial charge in [-0.3, -0.25) is 14.4 Å². The zero-order valence-electron chi connectivity index (χ0n) is 22.1. The number of thiophene rings is 1. The number of hydrogen-bond acceptors (Lipinski definition) is 7. The summed E-state index contributed by atoms with van der Waals surface area (Å²) in [6.07, 6.45) is 3.51. The summed E-state index contributed by atoms with van der Waals surface area (Å²) in [7, 11) is 0. The summed E-state index contributed by atoms with van der Waals surface area (Å²) in [4.78, 5) is 23.7. The number of halogens is 1. The van der Waals surface area contributed by atoms with Crippen LogP contribution in [0.15, 0.2) is 53.7 Å². The molecule has 3 aromatic heterocycles. The van der Waals surface area contributed by atoms with Gasteiger partial charge in [-0.1, -0.05) is 29.8 Å². The molecule has 1 aromatic carbocycles. The molecule has 0 radical (unpaired) electrons. The topological polar surface area (TPSA) is 94.3 Å².